The average molecular weight is 688 g/mol. The first kappa shape index (κ1) is 33.9. The van der Waals surface area contributed by atoms with Crippen molar-refractivity contribution in [2.24, 2.45) is 7.05 Å². The van der Waals surface area contributed by atoms with Crippen molar-refractivity contribution in [3.63, 3.8) is 0 Å². The molecule has 0 unspecified atom stereocenters. The van der Waals surface area contributed by atoms with E-state index in [2.05, 4.69) is 26.7 Å². The third kappa shape index (κ3) is 7.87. The van der Waals surface area contributed by atoms with Gasteiger partial charge in [0.1, 0.15) is 24.2 Å². The Hall–Kier alpha value is -4.58. The molecule has 12 nitrogen and oxygen atoms in total. The summed E-state index contributed by atoms with van der Waals surface area (Å²) >= 11 is 5.95. The molecule has 2 N–H and O–H groups in total. The van der Waals surface area contributed by atoms with E-state index in [1.54, 1.807) is 36.7 Å². The molecule has 0 aliphatic rings. The van der Waals surface area contributed by atoms with Gasteiger partial charge in [-0.2, -0.15) is 5.26 Å². The summed E-state index contributed by atoms with van der Waals surface area (Å²) in [5.74, 6) is -0.826. The van der Waals surface area contributed by atoms with E-state index < -0.39 is 16.6 Å². The molecular formula is C29H29BrClFN8O4. The number of nitrogens with zero attached hydrogens (tertiary/aromatic N) is 6. The number of anilines is 3. The van der Waals surface area contributed by atoms with Crippen molar-refractivity contribution >= 4 is 51.3 Å². The number of rotatable bonds is 11. The van der Waals surface area contributed by atoms with Gasteiger partial charge in [-0.15, -0.1) is 0 Å². The van der Waals surface area contributed by atoms with Gasteiger partial charge in [0.25, 0.3) is 0 Å². The zero-order valence-corrected chi connectivity index (χ0v) is 26.6. The number of aryl methyl sites for hydroxylation is 1. The number of aromatic nitrogens is 3. The number of imidazole rings is 1. The standard InChI is InChI=1S/C29H28ClFN8O4.BrH/c1-5-43-26-13-23-20(28(18(14-32)15-33-23)35-19-8-9-22(31)21(30)11-19)12-24(26)36-27(40)7-6-10-39(3,4)16-25-29(38(41)42)34-17-37(25)2;/h6-9,11-13,15,17H,5,10,16H2,1-4H3,(H-,33,35,36,40);1H/b7-6+;. The Morgan fingerprint density at radius 3 is 2.70 bits per heavy atom. The Kier molecular flexibility index (Phi) is 11.0. The molecular weight excluding hydrogens is 659 g/mol. The number of halogens is 3. The highest BCUT2D eigenvalue weighted by Crippen LogP contribution is 2.36. The predicted octanol–water partition coefficient (Wildman–Crippen LogP) is 2.46. The first-order valence-corrected chi connectivity index (χ1v) is 13.5. The van der Waals surface area contributed by atoms with Crippen molar-refractivity contribution in [2.45, 2.75) is 13.5 Å². The van der Waals surface area contributed by atoms with Crippen LogP contribution in [0.4, 0.5) is 27.3 Å². The summed E-state index contributed by atoms with van der Waals surface area (Å²) in [6, 6.07) is 9.50. The Balaban J connectivity index is 0.00000529. The molecule has 0 radical (unpaired) electrons. The lowest BCUT2D eigenvalue weighted by molar-refractivity contribution is -0.898. The largest absolute Gasteiger partial charge is 1.00 e. The number of quaternary nitrogens is 1. The van der Waals surface area contributed by atoms with Crippen LogP contribution in [0.25, 0.3) is 10.9 Å². The summed E-state index contributed by atoms with van der Waals surface area (Å²) in [5.41, 5.74) is 2.39. The molecule has 2 aromatic carbocycles. The molecule has 4 rings (SSSR count). The van der Waals surface area contributed by atoms with E-state index in [1.807, 2.05) is 14.1 Å². The van der Waals surface area contributed by atoms with Crippen LogP contribution in [0, 0.1) is 27.3 Å². The SMILES string of the molecule is CCOc1cc2ncc(C#N)c(Nc3ccc(F)c(Cl)c3)c2cc1NC(=O)/C=C/C[N+](C)(C)Cc1c([N+](=O)[O-])ncn1C.[Br-]. The summed E-state index contributed by atoms with van der Waals surface area (Å²) in [7, 11) is 5.47. The van der Waals surface area contributed by atoms with Gasteiger partial charge in [0.05, 0.1) is 54.7 Å². The number of nitrogens with one attached hydrogen (secondary N) is 2. The van der Waals surface area contributed by atoms with Gasteiger partial charge in [0.2, 0.25) is 12.2 Å². The number of carbonyl (C=O) groups is 1. The van der Waals surface area contributed by atoms with Gasteiger partial charge in [-0.05, 0) is 47.2 Å². The minimum absolute atomic E-state index is 0. The zero-order chi connectivity index (χ0) is 31.3. The molecule has 15 heteroatoms. The molecule has 2 heterocycles. The fraction of sp³-hybridized carbons (Fsp3) is 0.241. The molecule has 0 aliphatic heterocycles. The van der Waals surface area contributed by atoms with Crippen molar-refractivity contribution in [1.82, 2.24) is 14.5 Å². The summed E-state index contributed by atoms with van der Waals surface area (Å²) in [6.07, 6.45) is 5.87. The third-order valence-corrected chi connectivity index (χ3v) is 6.78. The Morgan fingerprint density at radius 1 is 1.30 bits per heavy atom. The van der Waals surface area contributed by atoms with Crippen LogP contribution in [-0.2, 0) is 18.4 Å². The monoisotopic (exact) mass is 686 g/mol. The number of hydrogen-bond acceptors (Lipinski definition) is 8. The molecule has 1 amide bonds. The van der Waals surface area contributed by atoms with E-state index in [0.29, 0.717) is 63.6 Å². The van der Waals surface area contributed by atoms with Crippen LogP contribution in [-0.4, -0.2) is 57.1 Å². The lowest BCUT2D eigenvalue weighted by atomic mass is 10.1. The fourth-order valence-electron chi connectivity index (χ4n) is 4.40. The molecule has 0 spiro atoms. The second-order valence-electron chi connectivity index (χ2n) is 10.3. The van der Waals surface area contributed by atoms with E-state index in [1.165, 1.54) is 36.8 Å². The van der Waals surface area contributed by atoms with E-state index in [-0.39, 0.29) is 33.4 Å². The molecule has 0 fully saturated rings. The quantitative estimate of drug-likeness (QED) is 0.106. The highest BCUT2D eigenvalue weighted by molar-refractivity contribution is 6.31. The highest BCUT2D eigenvalue weighted by atomic mass is 79.9. The lowest BCUT2D eigenvalue weighted by Gasteiger charge is -2.28. The van der Waals surface area contributed by atoms with Crippen molar-refractivity contribution in [1.29, 1.82) is 5.26 Å². The zero-order valence-electron chi connectivity index (χ0n) is 24.3. The van der Waals surface area contributed by atoms with Gasteiger partial charge < -0.3 is 51.5 Å². The van der Waals surface area contributed by atoms with Crippen molar-refractivity contribution < 1.29 is 40.3 Å². The fourth-order valence-corrected chi connectivity index (χ4v) is 4.58. The van der Waals surface area contributed by atoms with Crippen LogP contribution in [0.2, 0.25) is 5.02 Å². The summed E-state index contributed by atoms with van der Waals surface area (Å²) in [6.45, 7) is 2.85. The molecule has 0 aliphatic carbocycles. The smallest absolute Gasteiger partial charge is 0.390 e. The predicted molar refractivity (Wildman–Crippen MR) is 161 cm³/mol. The Labute approximate surface area is 268 Å². The van der Waals surface area contributed by atoms with E-state index >= 15 is 0 Å². The minimum Gasteiger partial charge on any atom is -1.00 e. The average Bonchev–Trinajstić information content (AvgIpc) is 3.30. The van der Waals surface area contributed by atoms with Crippen molar-refractivity contribution in [3.05, 3.63) is 87.2 Å². The maximum atomic E-state index is 13.7. The first-order chi connectivity index (χ1) is 20.4. The van der Waals surface area contributed by atoms with Gasteiger partial charge >= 0.3 is 5.82 Å². The van der Waals surface area contributed by atoms with Crippen LogP contribution in [0.1, 0.15) is 18.2 Å². The van der Waals surface area contributed by atoms with Gasteiger partial charge in [0, 0.05) is 36.5 Å². The normalized spacial score (nSPS) is 11.2. The second kappa shape index (κ2) is 14.3. The number of carbonyl (C=O) groups excluding carboxylic acids is 1. The Bertz CT molecular complexity index is 1790. The summed E-state index contributed by atoms with van der Waals surface area (Å²) in [4.78, 5) is 32.0. The third-order valence-electron chi connectivity index (χ3n) is 6.49. The van der Waals surface area contributed by atoms with Crippen LogP contribution in [0.3, 0.4) is 0 Å². The molecule has 2 aromatic heterocycles. The summed E-state index contributed by atoms with van der Waals surface area (Å²) < 4.78 is 21.4. The topological polar surface area (TPSA) is 148 Å². The maximum absolute atomic E-state index is 13.7. The Morgan fingerprint density at radius 2 is 2.05 bits per heavy atom. The minimum atomic E-state index is -0.577. The number of nitro groups is 1. The molecule has 0 bridgehead atoms. The van der Waals surface area contributed by atoms with Gasteiger partial charge in [0.15, 0.2) is 5.69 Å². The highest BCUT2D eigenvalue weighted by Gasteiger charge is 2.27. The number of ether oxygens (including phenoxy) is 1. The molecule has 0 saturated heterocycles. The van der Waals surface area contributed by atoms with Gasteiger partial charge in [-0.25, -0.2) is 4.39 Å². The number of fused-ring (bicyclic) bond motifs is 1. The van der Waals surface area contributed by atoms with Crippen molar-refractivity contribution in [3.8, 4) is 11.8 Å². The number of amides is 1. The van der Waals surface area contributed by atoms with Crippen LogP contribution in [0.15, 0.2) is 55.0 Å². The van der Waals surface area contributed by atoms with Crippen LogP contribution < -0.4 is 32.4 Å². The second-order valence-corrected chi connectivity index (χ2v) is 10.7. The number of likely N-dealkylation sites (N-methyl/N-ethyl adjacent to an activating group) is 1. The summed E-state index contributed by atoms with van der Waals surface area (Å²) in [5, 5.41) is 27.5. The van der Waals surface area contributed by atoms with Crippen LogP contribution in [0.5, 0.6) is 5.75 Å². The van der Waals surface area contributed by atoms with E-state index in [9.17, 15) is 24.6 Å². The lowest BCUT2D eigenvalue weighted by Crippen LogP contribution is -3.00. The van der Waals surface area contributed by atoms with Gasteiger partial charge in [-0.1, -0.05) is 11.6 Å². The first-order valence-electron chi connectivity index (χ1n) is 13.1. The van der Waals surface area contributed by atoms with Gasteiger partial charge in [-0.3, -0.25) is 9.78 Å². The number of benzene rings is 2. The van der Waals surface area contributed by atoms with E-state index in [0.717, 1.165) is 0 Å². The molecule has 0 saturated carbocycles. The van der Waals surface area contributed by atoms with E-state index in [4.69, 9.17) is 16.3 Å². The molecule has 230 valence electrons. The number of pyridine rings is 1. The van der Waals surface area contributed by atoms with Crippen molar-refractivity contribution in [2.75, 3.05) is 37.9 Å². The van der Waals surface area contributed by atoms with Crippen LogP contribution >= 0.6 is 11.6 Å². The molecule has 0 atom stereocenters. The number of hydrogen-bond donors (Lipinski definition) is 2. The number of nitriles is 1. The molecule has 44 heavy (non-hydrogen) atoms. The molecule has 4 aromatic rings. The maximum Gasteiger partial charge on any atom is 0.390 e.